The average molecular weight is 834 g/mol. The smallest absolute Gasteiger partial charge is 0.306 e. The highest BCUT2D eigenvalue weighted by atomic mass is 16.5. The van der Waals surface area contributed by atoms with Crippen LogP contribution < -0.4 is 9.47 Å². The van der Waals surface area contributed by atoms with Gasteiger partial charge in [0.15, 0.2) is 0 Å². The van der Waals surface area contributed by atoms with Gasteiger partial charge < -0.3 is 24.2 Å². The van der Waals surface area contributed by atoms with Crippen LogP contribution in [0.5, 0.6) is 11.5 Å². The van der Waals surface area contributed by atoms with Crippen molar-refractivity contribution in [1.82, 2.24) is 4.90 Å². The number of nitrogens with zero attached hydrogens (tertiary/aromatic N) is 1. The SMILES string of the molecule is CC/C=C\C/C=C\C/C=C\CCCCC(CC(CCCC)C(=O)O)Oc1cc(CN(C)C)cc(OCCCCOC(=O)CCCCCCC/C=C\C/C=C\CCCCC)c1. The van der Waals surface area contributed by atoms with Crippen LogP contribution in [0.2, 0.25) is 0 Å². The van der Waals surface area contributed by atoms with E-state index in [2.05, 4.69) is 98.6 Å². The Morgan fingerprint density at radius 3 is 1.82 bits per heavy atom. The van der Waals surface area contributed by atoms with Crippen molar-refractivity contribution in [3.63, 3.8) is 0 Å². The minimum atomic E-state index is -0.740. The third kappa shape index (κ3) is 33.2. The van der Waals surface area contributed by atoms with Crippen LogP contribution in [0, 0.1) is 5.92 Å². The molecule has 0 aliphatic carbocycles. The van der Waals surface area contributed by atoms with Crippen LogP contribution in [0.3, 0.4) is 0 Å². The lowest BCUT2D eigenvalue weighted by molar-refractivity contribution is -0.144. The number of benzene rings is 1. The van der Waals surface area contributed by atoms with Crippen molar-refractivity contribution < 1.29 is 28.9 Å². The molecule has 1 rings (SSSR count). The molecule has 0 saturated carbocycles. The molecule has 0 spiro atoms. The van der Waals surface area contributed by atoms with Crippen molar-refractivity contribution in [2.75, 3.05) is 27.3 Å². The molecule has 0 aromatic heterocycles. The zero-order valence-electron chi connectivity index (χ0n) is 38.9. The number of unbranched alkanes of at least 4 members (excludes halogenated alkanes) is 12. The van der Waals surface area contributed by atoms with E-state index in [1.165, 1.54) is 38.5 Å². The molecule has 0 aliphatic heterocycles. The third-order valence-corrected chi connectivity index (χ3v) is 10.4. The van der Waals surface area contributed by atoms with Gasteiger partial charge in [-0.2, -0.15) is 0 Å². The fourth-order valence-electron chi connectivity index (χ4n) is 6.96. The summed E-state index contributed by atoms with van der Waals surface area (Å²) in [7, 11) is 4.07. The zero-order chi connectivity index (χ0) is 43.7. The fourth-order valence-corrected chi connectivity index (χ4v) is 6.96. The van der Waals surface area contributed by atoms with E-state index in [4.69, 9.17) is 14.2 Å². The largest absolute Gasteiger partial charge is 0.493 e. The lowest BCUT2D eigenvalue weighted by Gasteiger charge is -2.24. The van der Waals surface area contributed by atoms with Crippen molar-refractivity contribution in [3.05, 3.63) is 84.5 Å². The van der Waals surface area contributed by atoms with Gasteiger partial charge in [0.1, 0.15) is 11.5 Å². The van der Waals surface area contributed by atoms with Crippen molar-refractivity contribution in [2.24, 2.45) is 5.92 Å². The van der Waals surface area contributed by atoms with Gasteiger partial charge in [-0.15, -0.1) is 0 Å². The summed E-state index contributed by atoms with van der Waals surface area (Å²) in [5.74, 6) is 0.184. The van der Waals surface area contributed by atoms with E-state index in [1.54, 1.807) is 0 Å². The third-order valence-electron chi connectivity index (χ3n) is 10.4. The first kappa shape index (κ1) is 54.4. The van der Waals surface area contributed by atoms with Gasteiger partial charge in [-0.3, -0.25) is 9.59 Å². The molecule has 0 fully saturated rings. The van der Waals surface area contributed by atoms with E-state index in [1.807, 2.05) is 20.2 Å². The second-order valence-corrected chi connectivity index (χ2v) is 16.5. The lowest BCUT2D eigenvalue weighted by atomic mass is 9.93. The monoisotopic (exact) mass is 834 g/mol. The molecule has 0 saturated heterocycles. The molecule has 0 aliphatic rings. The number of carboxylic acids is 1. The van der Waals surface area contributed by atoms with Crippen LogP contribution in [0.25, 0.3) is 0 Å². The van der Waals surface area contributed by atoms with Gasteiger partial charge in [-0.05, 0) is 141 Å². The predicted octanol–water partition coefficient (Wildman–Crippen LogP) is 14.7. The highest BCUT2D eigenvalue weighted by Crippen LogP contribution is 2.29. The number of rotatable bonds is 40. The summed E-state index contributed by atoms with van der Waals surface area (Å²) >= 11 is 0. The van der Waals surface area contributed by atoms with Crippen LogP contribution in [-0.2, 0) is 20.9 Å². The lowest BCUT2D eigenvalue weighted by Crippen LogP contribution is -2.25. The fraction of sp³-hybridized carbons (Fsp3) is 0.660. The Balaban J connectivity index is 2.54. The molecular formula is C53H87NO6. The van der Waals surface area contributed by atoms with Crippen molar-refractivity contribution in [1.29, 1.82) is 0 Å². The molecule has 0 amide bonds. The molecule has 340 valence electrons. The van der Waals surface area contributed by atoms with Gasteiger partial charge in [0, 0.05) is 19.0 Å². The van der Waals surface area contributed by atoms with Gasteiger partial charge >= 0.3 is 11.9 Å². The summed E-state index contributed by atoms with van der Waals surface area (Å²) in [5.41, 5.74) is 1.08. The van der Waals surface area contributed by atoms with Gasteiger partial charge in [0.05, 0.1) is 25.2 Å². The van der Waals surface area contributed by atoms with Gasteiger partial charge in [-0.1, -0.05) is 126 Å². The van der Waals surface area contributed by atoms with Gasteiger partial charge in [0.2, 0.25) is 0 Å². The standard InChI is InChI=1S/C53H87NO6/c1-6-9-12-14-16-18-20-22-23-24-26-28-30-32-34-39-52(55)59-41-36-35-40-58-50-42-47(46-54(4)5)43-51(45-50)60-49(44-48(53(56)57)37-11-8-3)38-33-31-29-27-25-21-19-17-15-13-10-7-2/h10,13,16-19,22-23,25,27,42-43,45,48-49H,6-9,11-12,14-15,20-21,24,26,28-41,44,46H2,1-5H3,(H,56,57)/b13-10-,18-16-,19-17-,23-22-,27-25-. The van der Waals surface area contributed by atoms with E-state index < -0.39 is 11.9 Å². The molecule has 0 radical (unpaired) electrons. The summed E-state index contributed by atoms with van der Waals surface area (Å²) in [5, 5.41) is 10.1. The molecule has 2 atom stereocenters. The Labute approximate surface area is 367 Å². The first-order chi connectivity index (χ1) is 29.3. The van der Waals surface area contributed by atoms with Crippen LogP contribution >= 0.6 is 0 Å². The summed E-state index contributed by atoms with van der Waals surface area (Å²) in [4.78, 5) is 26.7. The molecule has 7 heteroatoms. The molecule has 1 aromatic rings. The highest BCUT2D eigenvalue weighted by molar-refractivity contribution is 5.70. The van der Waals surface area contributed by atoms with Crippen LogP contribution in [0.1, 0.15) is 187 Å². The molecule has 1 N–H and O–H groups in total. The Kier molecular flexibility index (Phi) is 35.9. The minimum Gasteiger partial charge on any atom is -0.493 e. The Hall–Kier alpha value is -3.58. The van der Waals surface area contributed by atoms with Crippen LogP contribution in [0.4, 0.5) is 0 Å². The highest BCUT2D eigenvalue weighted by Gasteiger charge is 2.24. The number of carboxylic acid groups (broad SMARTS) is 1. The number of carbonyl (C=O) groups excluding carboxylic acids is 1. The maximum atomic E-state index is 12.3. The number of allylic oxidation sites excluding steroid dienone is 10. The Bertz CT molecular complexity index is 1340. The zero-order valence-corrected chi connectivity index (χ0v) is 38.9. The summed E-state index contributed by atoms with van der Waals surface area (Å²) < 4.78 is 18.4. The van der Waals surface area contributed by atoms with Gasteiger partial charge in [0.25, 0.3) is 0 Å². The topological polar surface area (TPSA) is 85.3 Å². The molecule has 0 bridgehead atoms. The van der Waals surface area contributed by atoms with Crippen molar-refractivity contribution >= 4 is 11.9 Å². The maximum absolute atomic E-state index is 12.3. The number of ether oxygens (including phenoxy) is 3. The predicted molar refractivity (Wildman–Crippen MR) is 254 cm³/mol. The number of esters is 1. The summed E-state index contributed by atoms with van der Waals surface area (Å²) in [6.07, 6.45) is 46.9. The molecule has 60 heavy (non-hydrogen) atoms. The minimum absolute atomic E-state index is 0.107. The molecule has 7 nitrogen and oxygen atoms in total. The van der Waals surface area contributed by atoms with E-state index >= 15 is 0 Å². The van der Waals surface area contributed by atoms with Crippen LogP contribution in [0.15, 0.2) is 79.0 Å². The first-order valence-corrected chi connectivity index (χ1v) is 24.0. The van der Waals surface area contributed by atoms with Crippen molar-refractivity contribution in [3.8, 4) is 11.5 Å². The quantitative estimate of drug-likeness (QED) is 0.0400. The summed E-state index contributed by atoms with van der Waals surface area (Å²) in [6.45, 7) is 8.14. The maximum Gasteiger partial charge on any atom is 0.306 e. The molecule has 1 aromatic carbocycles. The number of aliphatic carboxylic acids is 1. The van der Waals surface area contributed by atoms with Crippen molar-refractivity contribution in [2.45, 2.75) is 194 Å². The number of hydrogen-bond acceptors (Lipinski definition) is 6. The molecular weight excluding hydrogens is 747 g/mol. The second-order valence-electron chi connectivity index (χ2n) is 16.5. The Morgan fingerprint density at radius 1 is 0.617 bits per heavy atom. The number of hydrogen-bond donors (Lipinski definition) is 1. The first-order valence-electron chi connectivity index (χ1n) is 24.0. The molecule has 0 heterocycles. The van der Waals surface area contributed by atoms with E-state index in [9.17, 15) is 14.7 Å². The normalized spacial score (nSPS) is 13.2. The average Bonchev–Trinajstić information content (AvgIpc) is 3.22. The van der Waals surface area contributed by atoms with E-state index in [0.717, 1.165) is 126 Å². The second kappa shape index (κ2) is 39.5. The van der Waals surface area contributed by atoms with E-state index in [0.29, 0.717) is 32.5 Å². The number of carbonyl (C=O) groups is 2. The van der Waals surface area contributed by atoms with Gasteiger partial charge in [-0.25, -0.2) is 0 Å². The molecule has 2 unspecified atom stereocenters. The van der Waals surface area contributed by atoms with E-state index in [-0.39, 0.29) is 12.1 Å². The summed E-state index contributed by atoms with van der Waals surface area (Å²) in [6, 6.07) is 6.05. The Morgan fingerprint density at radius 2 is 1.18 bits per heavy atom. The van der Waals surface area contributed by atoms with Crippen LogP contribution in [-0.4, -0.2) is 55.4 Å².